The standard InChI is InChI=1S/C12H14FN3OS3/c1-17-10-4-3-7(5-8(10)13)9(14)6-19-12-16-15-11(18-2)20-12/h3-5,9H,6,14H2,1-2H3. The molecular formula is C12H14FN3OS3. The zero-order valence-electron chi connectivity index (χ0n) is 11.0. The van der Waals surface area contributed by atoms with Crippen molar-refractivity contribution in [3.8, 4) is 5.75 Å². The van der Waals surface area contributed by atoms with Gasteiger partial charge in [-0.2, -0.15) is 0 Å². The van der Waals surface area contributed by atoms with E-state index in [9.17, 15) is 4.39 Å². The van der Waals surface area contributed by atoms with Gasteiger partial charge in [-0.1, -0.05) is 40.9 Å². The third kappa shape index (κ3) is 3.85. The minimum absolute atomic E-state index is 0.224. The van der Waals surface area contributed by atoms with Crippen molar-refractivity contribution in [1.29, 1.82) is 0 Å². The lowest BCUT2D eigenvalue weighted by Gasteiger charge is -2.11. The van der Waals surface area contributed by atoms with Crippen LogP contribution in [0, 0.1) is 5.82 Å². The van der Waals surface area contributed by atoms with Crippen molar-refractivity contribution in [2.45, 2.75) is 14.7 Å². The number of aromatic nitrogens is 2. The van der Waals surface area contributed by atoms with Gasteiger partial charge in [0.2, 0.25) is 0 Å². The minimum atomic E-state index is -0.397. The number of hydrogen-bond acceptors (Lipinski definition) is 7. The predicted molar refractivity (Wildman–Crippen MR) is 82.3 cm³/mol. The first kappa shape index (κ1) is 15.6. The number of thioether (sulfide) groups is 2. The van der Waals surface area contributed by atoms with Crippen LogP contribution < -0.4 is 10.5 Å². The highest BCUT2D eigenvalue weighted by atomic mass is 32.2. The number of ether oxygens (including phenoxy) is 1. The fourth-order valence-corrected chi connectivity index (χ4v) is 3.96. The van der Waals surface area contributed by atoms with E-state index in [0.717, 1.165) is 14.2 Å². The lowest BCUT2D eigenvalue weighted by molar-refractivity contribution is 0.386. The molecule has 1 heterocycles. The average molecular weight is 331 g/mol. The first-order valence-electron chi connectivity index (χ1n) is 5.73. The fourth-order valence-electron chi connectivity index (χ4n) is 1.51. The first-order chi connectivity index (χ1) is 9.63. The number of nitrogens with zero attached hydrogens (tertiary/aromatic N) is 2. The summed E-state index contributed by atoms with van der Waals surface area (Å²) in [7, 11) is 1.44. The molecule has 0 spiro atoms. The van der Waals surface area contributed by atoms with Gasteiger partial charge >= 0.3 is 0 Å². The summed E-state index contributed by atoms with van der Waals surface area (Å²) in [5.41, 5.74) is 6.81. The lowest BCUT2D eigenvalue weighted by atomic mass is 10.1. The SMILES string of the molecule is COc1ccc(C(N)CSc2nnc(SC)s2)cc1F. The molecule has 0 fully saturated rings. The monoisotopic (exact) mass is 331 g/mol. The molecule has 1 aromatic heterocycles. The molecular weight excluding hydrogens is 317 g/mol. The van der Waals surface area contributed by atoms with Gasteiger partial charge in [-0.05, 0) is 24.0 Å². The third-order valence-corrected chi connectivity index (χ3v) is 5.70. The molecule has 0 aliphatic heterocycles. The summed E-state index contributed by atoms with van der Waals surface area (Å²) in [5.74, 6) is 0.447. The van der Waals surface area contributed by atoms with Gasteiger partial charge < -0.3 is 10.5 Å². The van der Waals surface area contributed by atoms with Crippen LogP contribution in [0.5, 0.6) is 5.75 Å². The van der Waals surface area contributed by atoms with Crippen molar-refractivity contribution in [2.75, 3.05) is 19.1 Å². The fraction of sp³-hybridized carbons (Fsp3) is 0.333. The lowest BCUT2D eigenvalue weighted by Crippen LogP contribution is -2.13. The summed E-state index contributed by atoms with van der Waals surface area (Å²) in [6, 6.07) is 4.52. The summed E-state index contributed by atoms with van der Waals surface area (Å²) in [6.07, 6.45) is 1.96. The van der Waals surface area contributed by atoms with Gasteiger partial charge in [-0.3, -0.25) is 0 Å². The maximum atomic E-state index is 13.6. The maximum absolute atomic E-state index is 13.6. The number of hydrogen-bond donors (Lipinski definition) is 1. The Morgan fingerprint density at radius 3 is 2.75 bits per heavy atom. The third-order valence-electron chi connectivity index (χ3n) is 2.55. The van der Waals surface area contributed by atoms with E-state index in [1.807, 2.05) is 6.26 Å². The number of benzene rings is 1. The minimum Gasteiger partial charge on any atom is -0.494 e. The molecule has 1 atom stereocenters. The van der Waals surface area contributed by atoms with E-state index in [2.05, 4.69) is 10.2 Å². The number of nitrogens with two attached hydrogens (primary N) is 1. The number of rotatable bonds is 6. The van der Waals surface area contributed by atoms with Gasteiger partial charge in [0.1, 0.15) is 0 Å². The van der Waals surface area contributed by atoms with Crippen LogP contribution in [0.1, 0.15) is 11.6 Å². The van der Waals surface area contributed by atoms with Gasteiger partial charge in [0, 0.05) is 11.8 Å². The van der Waals surface area contributed by atoms with Crippen LogP contribution in [0.3, 0.4) is 0 Å². The second-order valence-corrected chi connectivity index (χ2v) is 7.15. The van der Waals surface area contributed by atoms with Gasteiger partial charge in [-0.25, -0.2) is 4.39 Å². The van der Waals surface area contributed by atoms with E-state index in [1.54, 1.807) is 23.9 Å². The summed E-state index contributed by atoms with van der Waals surface area (Å²) in [5, 5.41) is 8.07. The highest BCUT2D eigenvalue weighted by Crippen LogP contribution is 2.30. The molecule has 0 radical (unpaired) electrons. The van der Waals surface area contributed by atoms with Gasteiger partial charge in [0.05, 0.1) is 7.11 Å². The topological polar surface area (TPSA) is 61.0 Å². The Hall–Kier alpha value is -0.830. The Bertz CT molecular complexity index is 579. The summed E-state index contributed by atoms with van der Waals surface area (Å²) < 4.78 is 20.3. The van der Waals surface area contributed by atoms with Gasteiger partial charge in [-0.15, -0.1) is 10.2 Å². The van der Waals surface area contributed by atoms with E-state index < -0.39 is 5.82 Å². The van der Waals surface area contributed by atoms with Crippen LogP contribution in [0.4, 0.5) is 4.39 Å². The zero-order valence-corrected chi connectivity index (χ0v) is 13.4. The van der Waals surface area contributed by atoms with Crippen molar-refractivity contribution in [2.24, 2.45) is 5.73 Å². The Labute approximate surface area is 129 Å². The highest BCUT2D eigenvalue weighted by molar-refractivity contribution is 8.02. The molecule has 8 heteroatoms. The van der Waals surface area contributed by atoms with Gasteiger partial charge in [0.25, 0.3) is 0 Å². The molecule has 0 aliphatic rings. The molecule has 108 valence electrons. The molecule has 0 amide bonds. The second kappa shape index (κ2) is 7.26. The largest absolute Gasteiger partial charge is 0.494 e. The molecule has 2 rings (SSSR count). The maximum Gasteiger partial charge on any atom is 0.175 e. The highest BCUT2D eigenvalue weighted by Gasteiger charge is 2.12. The van der Waals surface area contributed by atoms with E-state index >= 15 is 0 Å². The zero-order chi connectivity index (χ0) is 14.5. The van der Waals surface area contributed by atoms with Crippen LogP contribution in [0.15, 0.2) is 26.9 Å². The molecule has 0 bridgehead atoms. The molecule has 2 N–H and O–H groups in total. The Morgan fingerprint density at radius 1 is 1.40 bits per heavy atom. The van der Waals surface area contributed by atoms with Crippen LogP contribution in [-0.2, 0) is 0 Å². The van der Waals surface area contributed by atoms with Crippen molar-refractivity contribution >= 4 is 34.9 Å². The van der Waals surface area contributed by atoms with Crippen LogP contribution in [-0.4, -0.2) is 29.3 Å². The first-order valence-corrected chi connectivity index (χ1v) is 8.76. The van der Waals surface area contributed by atoms with Crippen LogP contribution in [0.25, 0.3) is 0 Å². The van der Waals surface area contributed by atoms with Crippen molar-refractivity contribution < 1.29 is 9.13 Å². The van der Waals surface area contributed by atoms with Gasteiger partial charge in [0.15, 0.2) is 20.2 Å². The average Bonchev–Trinajstić information content (AvgIpc) is 2.92. The molecule has 0 aliphatic carbocycles. The summed E-state index contributed by atoms with van der Waals surface area (Å²) in [6.45, 7) is 0. The second-order valence-electron chi connectivity index (χ2n) is 3.85. The Kier molecular flexibility index (Phi) is 5.64. The molecule has 1 unspecified atom stereocenters. The normalized spacial score (nSPS) is 12.4. The molecule has 0 saturated heterocycles. The number of methoxy groups -OCH3 is 1. The Balaban J connectivity index is 1.97. The molecule has 0 saturated carbocycles. The summed E-state index contributed by atoms with van der Waals surface area (Å²) >= 11 is 4.62. The van der Waals surface area contributed by atoms with Crippen molar-refractivity contribution in [1.82, 2.24) is 10.2 Å². The van der Waals surface area contributed by atoms with Crippen molar-refractivity contribution in [3.05, 3.63) is 29.6 Å². The van der Waals surface area contributed by atoms with Crippen molar-refractivity contribution in [3.63, 3.8) is 0 Å². The predicted octanol–water partition coefficient (Wildman–Crippen LogP) is 3.20. The quantitative estimate of drug-likeness (QED) is 0.820. The van der Waals surface area contributed by atoms with E-state index in [4.69, 9.17) is 10.5 Å². The molecule has 4 nitrogen and oxygen atoms in total. The van der Waals surface area contributed by atoms with E-state index in [1.165, 1.54) is 36.3 Å². The molecule has 1 aromatic carbocycles. The molecule has 2 aromatic rings. The number of halogens is 1. The Morgan fingerprint density at radius 2 is 2.15 bits per heavy atom. The van der Waals surface area contributed by atoms with E-state index in [-0.39, 0.29) is 11.8 Å². The van der Waals surface area contributed by atoms with E-state index in [0.29, 0.717) is 5.75 Å². The van der Waals surface area contributed by atoms with Crippen LogP contribution in [0.2, 0.25) is 0 Å². The summed E-state index contributed by atoms with van der Waals surface area (Å²) in [4.78, 5) is 0. The smallest absolute Gasteiger partial charge is 0.175 e. The molecule has 20 heavy (non-hydrogen) atoms. The van der Waals surface area contributed by atoms with Crippen LogP contribution >= 0.6 is 34.9 Å².